The maximum absolute atomic E-state index is 12.0. The molecule has 0 saturated heterocycles. The number of rotatable bonds is 8. The van der Waals surface area contributed by atoms with Gasteiger partial charge in [-0.25, -0.2) is 0 Å². The second-order valence-corrected chi connectivity index (χ2v) is 5.41. The van der Waals surface area contributed by atoms with Crippen LogP contribution in [0.15, 0.2) is 24.3 Å². The number of benzene rings is 1. The SMILES string of the molecule is CCCCC(=O)C(C#N)c1ccc(OCC(C)C)cc1. The van der Waals surface area contributed by atoms with Gasteiger partial charge in [-0.15, -0.1) is 0 Å². The van der Waals surface area contributed by atoms with Gasteiger partial charge in [0.15, 0.2) is 5.78 Å². The molecular formula is C17H23NO2. The first-order valence-corrected chi connectivity index (χ1v) is 7.23. The van der Waals surface area contributed by atoms with Crippen LogP contribution < -0.4 is 4.74 Å². The van der Waals surface area contributed by atoms with Gasteiger partial charge in [-0.3, -0.25) is 4.79 Å². The predicted molar refractivity (Wildman–Crippen MR) is 79.7 cm³/mol. The van der Waals surface area contributed by atoms with Crippen LogP contribution >= 0.6 is 0 Å². The molecule has 0 aliphatic carbocycles. The summed E-state index contributed by atoms with van der Waals surface area (Å²) in [6.07, 6.45) is 2.28. The highest BCUT2D eigenvalue weighted by atomic mass is 16.5. The second kappa shape index (κ2) is 8.37. The highest BCUT2D eigenvalue weighted by Crippen LogP contribution is 2.22. The molecule has 108 valence electrons. The van der Waals surface area contributed by atoms with E-state index in [0.29, 0.717) is 18.9 Å². The summed E-state index contributed by atoms with van der Waals surface area (Å²) in [5, 5.41) is 9.19. The van der Waals surface area contributed by atoms with Crippen molar-refractivity contribution in [2.45, 2.75) is 46.0 Å². The van der Waals surface area contributed by atoms with Gasteiger partial charge < -0.3 is 4.74 Å². The summed E-state index contributed by atoms with van der Waals surface area (Å²) < 4.78 is 5.59. The lowest BCUT2D eigenvalue weighted by Crippen LogP contribution is -2.10. The first kappa shape index (κ1) is 16.2. The van der Waals surface area contributed by atoms with E-state index in [9.17, 15) is 10.1 Å². The number of hydrogen-bond acceptors (Lipinski definition) is 3. The van der Waals surface area contributed by atoms with E-state index in [1.165, 1.54) is 0 Å². The molecule has 0 heterocycles. The quantitative estimate of drug-likeness (QED) is 0.716. The average Bonchev–Trinajstić information content (AvgIpc) is 2.45. The fraction of sp³-hybridized carbons (Fsp3) is 0.529. The Bertz CT molecular complexity index is 457. The predicted octanol–water partition coefficient (Wildman–Crippen LogP) is 4.09. The molecule has 0 aliphatic rings. The molecule has 1 aromatic carbocycles. The second-order valence-electron chi connectivity index (χ2n) is 5.41. The number of hydrogen-bond donors (Lipinski definition) is 0. The summed E-state index contributed by atoms with van der Waals surface area (Å²) >= 11 is 0. The van der Waals surface area contributed by atoms with E-state index >= 15 is 0 Å². The zero-order valence-electron chi connectivity index (χ0n) is 12.6. The van der Waals surface area contributed by atoms with Crippen LogP contribution in [-0.2, 0) is 4.79 Å². The molecule has 0 aromatic heterocycles. The Morgan fingerprint density at radius 1 is 1.30 bits per heavy atom. The zero-order chi connectivity index (χ0) is 15.0. The normalized spacial score (nSPS) is 11.9. The molecule has 0 radical (unpaired) electrons. The third kappa shape index (κ3) is 5.05. The standard InChI is InChI=1S/C17H23NO2/c1-4-5-6-17(19)16(11-18)14-7-9-15(10-8-14)20-12-13(2)3/h7-10,13,16H,4-6,12H2,1-3H3. The fourth-order valence-corrected chi connectivity index (χ4v) is 1.85. The maximum atomic E-state index is 12.0. The molecule has 0 saturated carbocycles. The molecule has 3 nitrogen and oxygen atoms in total. The van der Waals surface area contributed by atoms with Crippen LogP contribution in [0, 0.1) is 17.2 Å². The van der Waals surface area contributed by atoms with Gasteiger partial charge in [0, 0.05) is 6.42 Å². The van der Waals surface area contributed by atoms with Gasteiger partial charge in [0.25, 0.3) is 0 Å². The van der Waals surface area contributed by atoms with E-state index < -0.39 is 5.92 Å². The van der Waals surface area contributed by atoms with Gasteiger partial charge >= 0.3 is 0 Å². The number of nitriles is 1. The van der Waals surface area contributed by atoms with Crippen LogP contribution in [0.1, 0.15) is 51.5 Å². The van der Waals surface area contributed by atoms with Gasteiger partial charge in [-0.05, 0) is 30.0 Å². The van der Waals surface area contributed by atoms with E-state index in [1.54, 1.807) is 0 Å². The van der Waals surface area contributed by atoms with Crippen LogP contribution in [0.3, 0.4) is 0 Å². The van der Waals surface area contributed by atoms with Crippen molar-refractivity contribution in [1.82, 2.24) is 0 Å². The number of unbranched alkanes of at least 4 members (excludes halogenated alkanes) is 1. The van der Waals surface area contributed by atoms with Crippen LogP contribution in [0.5, 0.6) is 5.75 Å². The minimum absolute atomic E-state index is 0.00481. The van der Waals surface area contributed by atoms with Crippen molar-refractivity contribution in [1.29, 1.82) is 5.26 Å². The largest absolute Gasteiger partial charge is 0.493 e. The Labute approximate surface area is 121 Å². The highest BCUT2D eigenvalue weighted by Gasteiger charge is 2.19. The lowest BCUT2D eigenvalue weighted by molar-refractivity contribution is -0.119. The lowest BCUT2D eigenvalue weighted by atomic mass is 9.93. The molecule has 1 unspecified atom stereocenters. The van der Waals surface area contributed by atoms with Gasteiger partial charge in [0.05, 0.1) is 12.7 Å². The van der Waals surface area contributed by atoms with Gasteiger partial charge in [0.2, 0.25) is 0 Å². The summed E-state index contributed by atoms with van der Waals surface area (Å²) in [4.78, 5) is 12.0. The Hall–Kier alpha value is -1.82. The van der Waals surface area contributed by atoms with Gasteiger partial charge in [0.1, 0.15) is 11.7 Å². The first-order valence-electron chi connectivity index (χ1n) is 7.23. The Kier molecular flexibility index (Phi) is 6.79. The lowest BCUT2D eigenvalue weighted by Gasteiger charge is -2.11. The van der Waals surface area contributed by atoms with E-state index in [0.717, 1.165) is 24.2 Å². The summed E-state index contributed by atoms with van der Waals surface area (Å²) in [5.41, 5.74) is 0.755. The monoisotopic (exact) mass is 273 g/mol. The van der Waals surface area contributed by atoms with E-state index in [4.69, 9.17) is 4.74 Å². The first-order chi connectivity index (χ1) is 9.58. The van der Waals surface area contributed by atoms with Crippen molar-refractivity contribution < 1.29 is 9.53 Å². The van der Waals surface area contributed by atoms with Crippen LogP contribution in [0.2, 0.25) is 0 Å². The van der Waals surface area contributed by atoms with Crippen molar-refractivity contribution in [2.75, 3.05) is 6.61 Å². The Morgan fingerprint density at radius 2 is 1.95 bits per heavy atom. The highest BCUT2D eigenvalue weighted by molar-refractivity contribution is 5.88. The van der Waals surface area contributed by atoms with Crippen LogP contribution in [-0.4, -0.2) is 12.4 Å². The fourth-order valence-electron chi connectivity index (χ4n) is 1.85. The Balaban J connectivity index is 2.70. The molecule has 1 aromatic rings. The molecule has 0 N–H and O–H groups in total. The number of carbonyl (C=O) groups is 1. The van der Waals surface area contributed by atoms with Crippen molar-refractivity contribution in [3.63, 3.8) is 0 Å². The summed E-state index contributed by atoms with van der Waals surface area (Å²) in [6.45, 7) is 6.88. The zero-order valence-corrected chi connectivity index (χ0v) is 12.6. The number of Topliss-reactive ketones (excluding diaryl/α,β-unsaturated/α-hetero) is 1. The van der Waals surface area contributed by atoms with E-state index in [-0.39, 0.29) is 5.78 Å². The van der Waals surface area contributed by atoms with Crippen molar-refractivity contribution >= 4 is 5.78 Å². The van der Waals surface area contributed by atoms with Crippen molar-refractivity contribution in [3.8, 4) is 11.8 Å². The molecule has 0 bridgehead atoms. The Morgan fingerprint density at radius 3 is 2.45 bits per heavy atom. The molecule has 1 rings (SSSR count). The molecule has 0 fully saturated rings. The maximum Gasteiger partial charge on any atom is 0.154 e. The molecule has 3 heteroatoms. The summed E-state index contributed by atoms with van der Waals surface area (Å²) in [7, 11) is 0. The molecule has 0 spiro atoms. The summed E-state index contributed by atoms with van der Waals surface area (Å²) in [5.74, 6) is 0.600. The third-order valence-corrected chi connectivity index (χ3v) is 3.02. The minimum atomic E-state index is -0.652. The smallest absolute Gasteiger partial charge is 0.154 e. The van der Waals surface area contributed by atoms with E-state index in [2.05, 4.69) is 19.9 Å². The van der Waals surface area contributed by atoms with Crippen LogP contribution in [0.25, 0.3) is 0 Å². The van der Waals surface area contributed by atoms with Gasteiger partial charge in [-0.2, -0.15) is 5.26 Å². The van der Waals surface area contributed by atoms with Crippen molar-refractivity contribution in [2.24, 2.45) is 5.92 Å². The molecule has 0 amide bonds. The van der Waals surface area contributed by atoms with Crippen molar-refractivity contribution in [3.05, 3.63) is 29.8 Å². The molecule has 20 heavy (non-hydrogen) atoms. The average molecular weight is 273 g/mol. The number of ether oxygens (including phenoxy) is 1. The topological polar surface area (TPSA) is 50.1 Å². The third-order valence-electron chi connectivity index (χ3n) is 3.02. The number of nitrogens with zero attached hydrogens (tertiary/aromatic N) is 1. The number of carbonyl (C=O) groups excluding carboxylic acids is 1. The van der Waals surface area contributed by atoms with Gasteiger partial charge in [-0.1, -0.05) is 39.3 Å². The van der Waals surface area contributed by atoms with E-state index in [1.807, 2.05) is 31.2 Å². The molecule has 1 atom stereocenters. The summed E-state index contributed by atoms with van der Waals surface area (Å²) in [6, 6.07) is 9.39. The molecule has 0 aliphatic heterocycles. The minimum Gasteiger partial charge on any atom is -0.493 e. The van der Waals surface area contributed by atoms with Crippen LogP contribution in [0.4, 0.5) is 0 Å². The molecular weight excluding hydrogens is 250 g/mol. The number of ketones is 1.